The molecule has 4 aromatic rings. The number of benzene rings is 3. The van der Waals surface area contributed by atoms with Crippen LogP contribution in [0, 0.1) is 11.3 Å². The molecule has 0 aliphatic carbocycles. The number of para-hydroxylation sites is 1. The van der Waals surface area contributed by atoms with Crippen LogP contribution in [0.2, 0.25) is 5.02 Å². The number of ether oxygens (including phenoxy) is 1. The molecule has 0 aliphatic heterocycles. The van der Waals surface area contributed by atoms with Crippen LogP contribution >= 0.6 is 24.0 Å². The highest BCUT2D eigenvalue weighted by Gasteiger charge is 2.22. The summed E-state index contributed by atoms with van der Waals surface area (Å²) in [6.07, 6.45) is 0.583. The van der Waals surface area contributed by atoms with Crippen molar-refractivity contribution in [3.63, 3.8) is 0 Å². The summed E-state index contributed by atoms with van der Waals surface area (Å²) < 4.78 is 5.30. The summed E-state index contributed by atoms with van der Waals surface area (Å²) in [4.78, 5) is 29.1. The monoisotopic (exact) mass is 577 g/mol. The first-order chi connectivity index (χ1) is 18.7. The average Bonchev–Trinajstić information content (AvgIpc) is 2.92. The number of aromatic nitrogens is 1. The van der Waals surface area contributed by atoms with Gasteiger partial charge in [0.05, 0.1) is 18.4 Å². The quantitative estimate of drug-likeness (QED) is 0.156. The van der Waals surface area contributed by atoms with Gasteiger partial charge < -0.3 is 26.2 Å². The maximum atomic E-state index is 13.2. The molecule has 0 saturated heterocycles. The van der Waals surface area contributed by atoms with Gasteiger partial charge in [-0.1, -0.05) is 35.9 Å². The Hall–Kier alpha value is -4.62. The number of methoxy groups -OCH3 is 1. The second-order valence-electron chi connectivity index (χ2n) is 8.81. The van der Waals surface area contributed by atoms with Crippen LogP contribution in [0.15, 0.2) is 72.8 Å². The van der Waals surface area contributed by atoms with E-state index in [9.17, 15) is 20.0 Å². The molecule has 1 atom stereocenters. The number of carbonyl (C=O) groups is 2. The number of nitriles is 1. The molecular weight excluding hydrogens is 553 g/mol. The van der Waals surface area contributed by atoms with Crippen molar-refractivity contribution >= 4 is 47.7 Å². The zero-order valence-electron chi connectivity index (χ0n) is 21.4. The first-order valence-electron chi connectivity index (χ1n) is 11.7. The molecule has 0 aliphatic rings. The first kappa shape index (κ1) is 29.9. The van der Waals surface area contributed by atoms with Crippen molar-refractivity contribution in [2.45, 2.75) is 12.6 Å². The number of halogens is 2. The molecule has 40 heavy (non-hydrogen) atoms. The molecule has 0 fully saturated rings. The van der Waals surface area contributed by atoms with E-state index in [4.69, 9.17) is 22.1 Å². The van der Waals surface area contributed by atoms with Crippen LogP contribution in [-0.2, 0) is 4.79 Å². The van der Waals surface area contributed by atoms with E-state index < -0.39 is 11.6 Å². The van der Waals surface area contributed by atoms with Crippen LogP contribution in [0.4, 0.5) is 11.5 Å². The van der Waals surface area contributed by atoms with Gasteiger partial charge in [0.1, 0.15) is 28.8 Å². The maximum Gasteiger partial charge on any atom is 0.260 e. The molecule has 0 spiro atoms. The zero-order valence-corrected chi connectivity index (χ0v) is 23.0. The minimum atomic E-state index is -1.32. The Morgan fingerprint density at radius 1 is 1.12 bits per heavy atom. The van der Waals surface area contributed by atoms with E-state index in [1.54, 1.807) is 66.7 Å². The number of nitrogens with zero attached hydrogens (tertiary/aromatic N) is 2. The molecule has 9 nitrogen and oxygen atoms in total. The normalized spacial score (nSPS) is 11.8. The van der Waals surface area contributed by atoms with Gasteiger partial charge in [-0.3, -0.25) is 9.59 Å². The second-order valence-corrected chi connectivity index (χ2v) is 9.25. The number of rotatable bonds is 8. The van der Waals surface area contributed by atoms with Crippen LogP contribution in [0.25, 0.3) is 22.4 Å². The van der Waals surface area contributed by atoms with Crippen molar-refractivity contribution in [2.24, 2.45) is 5.73 Å². The van der Waals surface area contributed by atoms with Crippen LogP contribution < -0.4 is 21.1 Å². The van der Waals surface area contributed by atoms with Gasteiger partial charge in [-0.2, -0.15) is 5.26 Å². The number of hydrogen-bond donors (Lipinski definition) is 4. The van der Waals surface area contributed by atoms with Crippen molar-refractivity contribution in [3.8, 4) is 40.0 Å². The Morgan fingerprint density at radius 2 is 1.88 bits per heavy atom. The number of phenols is 1. The molecule has 3 aromatic carbocycles. The summed E-state index contributed by atoms with van der Waals surface area (Å²) in [7, 11) is 1.45. The Balaban J connectivity index is 0.00000441. The molecule has 4 rings (SSSR count). The Morgan fingerprint density at radius 3 is 2.55 bits per heavy atom. The number of hydrogen-bond acceptors (Lipinski definition) is 8. The van der Waals surface area contributed by atoms with Crippen LogP contribution in [0.3, 0.4) is 0 Å². The maximum absolute atomic E-state index is 13.2. The van der Waals surface area contributed by atoms with E-state index in [0.29, 0.717) is 39.4 Å². The number of nitrogens with one attached hydrogen (secondary N) is 2. The summed E-state index contributed by atoms with van der Waals surface area (Å²) >= 11 is 6.02. The van der Waals surface area contributed by atoms with E-state index in [-0.39, 0.29) is 40.8 Å². The lowest BCUT2D eigenvalue weighted by Crippen LogP contribution is -2.46. The molecule has 0 bridgehead atoms. The van der Waals surface area contributed by atoms with E-state index >= 15 is 0 Å². The van der Waals surface area contributed by atoms with E-state index in [0.717, 1.165) is 0 Å². The SMILES string of the molecule is COc1ccccc1C(=O)Nc1nc(-c2ccc(Cl)cc2O)cc(-c2cccc(N[C@](C)(N)C=O)c2)c1C#N.Cl. The highest BCUT2D eigenvalue weighted by molar-refractivity contribution is 6.30. The number of anilines is 2. The smallest absolute Gasteiger partial charge is 0.260 e. The minimum absolute atomic E-state index is 0. The predicted molar refractivity (Wildman–Crippen MR) is 157 cm³/mol. The number of phenolic OH excluding ortho intramolecular Hbond substituents is 1. The summed E-state index contributed by atoms with van der Waals surface area (Å²) in [6.45, 7) is 1.52. The fourth-order valence-corrected chi connectivity index (χ4v) is 4.11. The molecule has 5 N–H and O–H groups in total. The van der Waals surface area contributed by atoms with Crippen LogP contribution in [-0.4, -0.2) is 35.1 Å². The molecule has 204 valence electrons. The van der Waals surface area contributed by atoms with Gasteiger partial charge in [0, 0.05) is 21.8 Å². The third-order valence-electron chi connectivity index (χ3n) is 5.78. The molecule has 0 saturated carbocycles. The van der Waals surface area contributed by atoms with Crippen molar-refractivity contribution in [2.75, 3.05) is 17.7 Å². The second kappa shape index (κ2) is 12.5. The van der Waals surface area contributed by atoms with Crippen molar-refractivity contribution in [3.05, 3.63) is 88.9 Å². The number of pyridine rings is 1. The van der Waals surface area contributed by atoms with Gasteiger partial charge in [0.25, 0.3) is 5.91 Å². The van der Waals surface area contributed by atoms with Crippen LogP contribution in [0.5, 0.6) is 11.5 Å². The molecule has 0 unspecified atom stereocenters. The van der Waals surface area contributed by atoms with E-state index in [1.165, 1.54) is 20.1 Å². The topological polar surface area (TPSA) is 150 Å². The lowest BCUT2D eigenvalue weighted by atomic mass is 9.97. The molecule has 1 aromatic heterocycles. The van der Waals surface area contributed by atoms with E-state index in [1.807, 2.05) is 0 Å². The summed E-state index contributed by atoms with van der Waals surface area (Å²) in [5.41, 5.74) is 7.09. The lowest BCUT2D eigenvalue weighted by molar-refractivity contribution is -0.111. The fraction of sp³-hybridized carbons (Fsp3) is 0.103. The van der Waals surface area contributed by atoms with Gasteiger partial charge >= 0.3 is 0 Å². The van der Waals surface area contributed by atoms with Crippen molar-refractivity contribution < 1.29 is 19.4 Å². The third kappa shape index (κ3) is 6.50. The first-order valence-corrected chi connectivity index (χ1v) is 12.1. The summed E-state index contributed by atoms with van der Waals surface area (Å²) in [5, 5.41) is 26.8. The summed E-state index contributed by atoms with van der Waals surface area (Å²) in [6, 6.07) is 21.9. The highest BCUT2D eigenvalue weighted by Crippen LogP contribution is 2.37. The van der Waals surface area contributed by atoms with E-state index in [2.05, 4.69) is 21.7 Å². The van der Waals surface area contributed by atoms with Crippen molar-refractivity contribution in [1.29, 1.82) is 5.26 Å². The van der Waals surface area contributed by atoms with Crippen molar-refractivity contribution in [1.82, 2.24) is 4.98 Å². The largest absolute Gasteiger partial charge is 0.507 e. The number of carbonyl (C=O) groups excluding carboxylic acids is 2. The molecule has 1 heterocycles. The van der Waals surface area contributed by atoms with Gasteiger partial charge in [-0.25, -0.2) is 4.98 Å². The summed E-state index contributed by atoms with van der Waals surface area (Å²) in [5.74, 6) is -0.350. The minimum Gasteiger partial charge on any atom is -0.507 e. The predicted octanol–water partition coefficient (Wildman–Crippen LogP) is 5.61. The van der Waals surface area contributed by atoms with Gasteiger partial charge in [-0.15, -0.1) is 12.4 Å². The van der Waals surface area contributed by atoms with Gasteiger partial charge in [-0.05, 0) is 61.0 Å². The number of amides is 1. The Labute approximate surface area is 242 Å². The zero-order chi connectivity index (χ0) is 28.2. The molecule has 11 heteroatoms. The number of aldehydes is 1. The average molecular weight is 578 g/mol. The molecule has 1 amide bonds. The Bertz CT molecular complexity index is 1620. The third-order valence-corrected chi connectivity index (χ3v) is 6.02. The van der Waals surface area contributed by atoms with Crippen LogP contribution in [0.1, 0.15) is 22.8 Å². The van der Waals surface area contributed by atoms with Gasteiger partial charge in [0.15, 0.2) is 12.1 Å². The molecule has 0 radical (unpaired) electrons. The number of nitrogens with two attached hydrogens (primary N) is 1. The lowest BCUT2D eigenvalue weighted by Gasteiger charge is -2.21. The molecular formula is C29H25Cl2N5O4. The Kier molecular flexibility index (Phi) is 9.35. The van der Waals surface area contributed by atoms with Gasteiger partial charge in [0.2, 0.25) is 0 Å². The standard InChI is InChI=1S/C29H24ClN5O4.ClH/c1-29(32,16-36)35-19-7-5-6-17(12-19)22-14-24(20-11-10-18(30)13-25(20)37)33-27(23(22)15-31)34-28(38)21-8-3-4-9-26(21)39-2;/h3-14,16,35,37H,32H2,1-2H3,(H,33,34,38);1H/t29-;/m0./s1. The number of aromatic hydroxyl groups is 1. The fourth-order valence-electron chi connectivity index (χ4n) is 3.95. The highest BCUT2D eigenvalue weighted by atomic mass is 35.5.